The van der Waals surface area contributed by atoms with Crippen LogP contribution in [0, 0.1) is 0 Å². The molecule has 0 unspecified atom stereocenters. The summed E-state index contributed by atoms with van der Waals surface area (Å²) in [7, 11) is 1.52. The summed E-state index contributed by atoms with van der Waals surface area (Å²) in [6.07, 6.45) is 0.383. The van der Waals surface area contributed by atoms with Gasteiger partial charge in [-0.3, -0.25) is 4.79 Å². The Kier molecular flexibility index (Phi) is 2.19. The Hall–Kier alpha value is -1.84. The van der Waals surface area contributed by atoms with E-state index in [9.17, 15) is 9.59 Å². The molecule has 0 fully saturated rings. The van der Waals surface area contributed by atoms with E-state index in [-0.39, 0.29) is 5.91 Å². The summed E-state index contributed by atoms with van der Waals surface area (Å²) in [6.45, 7) is 0. The van der Waals surface area contributed by atoms with Gasteiger partial charge in [0.25, 0.3) is 5.91 Å². The third-order valence-electron chi connectivity index (χ3n) is 2.73. The summed E-state index contributed by atoms with van der Waals surface area (Å²) in [5, 5.41) is 8.96. The largest absolute Gasteiger partial charge is 0.480 e. The van der Waals surface area contributed by atoms with Gasteiger partial charge in [-0.2, -0.15) is 0 Å². The molecule has 0 saturated heterocycles. The van der Waals surface area contributed by atoms with E-state index in [1.54, 1.807) is 18.2 Å². The highest BCUT2D eigenvalue weighted by atomic mass is 16.4. The van der Waals surface area contributed by atoms with Crippen molar-refractivity contribution in [3.8, 4) is 0 Å². The molecule has 0 radical (unpaired) electrons. The summed E-state index contributed by atoms with van der Waals surface area (Å²) in [4.78, 5) is 24.0. The fraction of sp³-hybridized carbons (Fsp3) is 0.273. The van der Waals surface area contributed by atoms with Crippen LogP contribution in [0.5, 0.6) is 0 Å². The van der Waals surface area contributed by atoms with Crippen LogP contribution in [0.15, 0.2) is 24.3 Å². The normalized spacial score (nSPS) is 19.9. The third-order valence-corrected chi connectivity index (χ3v) is 2.73. The van der Waals surface area contributed by atoms with E-state index in [1.165, 1.54) is 11.9 Å². The minimum absolute atomic E-state index is 0.218. The molecular formula is C11H11NO3. The number of carboxylic acids is 1. The lowest BCUT2D eigenvalue weighted by atomic mass is 9.94. The molecule has 1 aliphatic heterocycles. The van der Waals surface area contributed by atoms with Crippen LogP contribution in [0.1, 0.15) is 15.9 Å². The first-order chi connectivity index (χ1) is 7.11. The molecule has 1 amide bonds. The number of fused-ring (bicyclic) bond motifs is 1. The Morgan fingerprint density at radius 1 is 1.47 bits per heavy atom. The number of likely N-dealkylation sites (N-methyl/N-ethyl adjacent to an activating group) is 1. The molecule has 0 saturated carbocycles. The first-order valence-corrected chi connectivity index (χ1v) is 4.69. The van der Waals surface area contributed by atoms with E-state index in [2.05, 4.69) is 0 Å². The molecule has 1 N–H and O–H groups in total. The van der Waals surface area contributed by atoms with Gasteiger partial charge in [-0.15, -0.1) is 0 Å². The Bertz CT molecular complexity index is 428. The van der Waals surface area contributed by atoms with Gasteiger partial charge in [0.15, 0.2) is 0 Å². The molecule has 4 nitrogen and oxygen atoms in total. The van der Waals surface area contributed by atoms with Crippen molar-refractivity contribution in [2.45, 2.75) is 12.5 Å². The molecule has 0 spiro atoms. The monoisotopic (exact) mass is 205 g/mol. The Morgan fingerprint density at radius 3 is 2.80 bits per heavy atom. The highest BCUT2D eigenvalue weighted by Crippen LogP contribution is 2.21. The number of carbonyl (C=O) groups is 2. The van der Waals surface area contributed by atoms with Crippen LogP contribution in [-0.4, -0.2) is 35.0 Å². The van der Waals surface area contributed by atoms with Crippen molar-refractivity contribution < 1.29 is 14.7 Å². The zero-order chi connectivity index (χ0) is 11.0. The third kappa shape index (κ3) is 1.48. The lowest BCUT2D eigenvalue weighted by molar-refractivity contribution is -0.142. The van der Waals surface area contributed by atoms with Crippen LogP contribution in [0.25, 0.3) is 0 Å². The summed E-state index contributed by atoms with van der Waals surface area (Å²) in [5.74, 6) is -1.18. The first-order valence-electron chi connectivity index (χ1n) is 4.69. The fourth-order valence-corrected chi connectivity index (χ4v) is 1.84. The molecule has 0 aliphatic carbocycles. The molecule has 0 bridgehead atoms. The van der Waals surface area contributed by atoms with Gasteiger partial charge < -0.3 is 10.0 Å². The summed E-state index contributed by atoms with van der Waals surface area (Å²) in [5.41, 5.74) is 1.42. The maximum absolute atomic E-state index is 11.8. The van der Waals surface area contributed by atoms with E-state index in [0.29, 0.717) is 12.0 Å². The Morgan fingerprint density at radius 2 is 2.13 bits per heavy atom. The average molecular weight is 205 g/mol. The summed E-state index contributed by atoms with van der Waals surface area (Å²) < 4.78 is 0. The first kappa shape index (κ1) is 9.71. The number of hydrogen-bond acceptors (Lipinski definition) is 2. The predicted molar refractivity (Wildman–Crippen MR) is 53.7 cm³/mol. The van der Waals surface area contributed by atoms with Crippen molar-refractivity contribution in [2.75, 3.05) is 7.05 Å². The van der Waals surface area contributed by atoms with Crippen LogP contribution in [0.2, 0.25) is 0 Å². The van der Waals surface area contributed by atoms with Gasteiger partial charge in [0.2, 0.25) is 0 Å². The smallest absolute Gasteiger partial charge is 0.326 e. The quantitative estimate of drug-likeness (QED) is 0.736. The minimum atomic E-state index is -0.958. The molecule has 1 heterocycles. The van der Waals surface area contributed by atoms with Gasteiger partial charge in [0.1, 0.15) is 6.04 Å². The fourth-order valence-electron chi connectivity index (χ4n) is 1.84. The molecule has 15 heavy (non-hydrogen) atoms. The lowest BCUT2D eigenvalue weighted by Gasteiger charge is -2.30. The average Bonchev–Trinajstić information content (AvgIpc) is 2.23. The van der Waals surface area contributed by atoms with Crippen molar-refractivity contribution >= 4 is 11.9 Å². The Balaban J connectivity index is 2.45. The number of nitrogens with zero attached hydrogens (tertiary/aromatic N) is 1. The number of carboxylic acid groups (broad SMARTS) is 1. The van der Waals surface area contributed by atoms with Crippen molar-refractivity contribution in [3.63, 3.8) is 0 Å². The van der Waals surface area contributed by atoms with Gasteiger partial charge in [0, 0.05) is 19.0 Å². The second-order valence-electron chi connectivity index (χ2n) is 3.63. The van der Waals surface area contributed by atoms with Crippen molar-refractivity contribution in [3.05, 3.63) is 35.4 Å². The molecule has 1 aliphatic rings. The highest BCUT2D eigenvalue weighted by Gasteiger charge is 2.33. The molecule has 78 valence electrons. The SMILES string of the molecule is CN1C(=O)c2ccccc2C[C@@H]1C(=O)O. The number of aliphatic carboxylic acids is 1. The van der Waals surface area contributed by atoms with Gasteiger partial charge in [0.05, 0.1) is 0 Å². The van der Waals surface area contributed by atoms with Crippen LogP contribution in [-0.2, 0) is 11.2 Å². The second-order valence-corrected chi connectivity index (χ2v) is 3.63. The molecular weight excluding hydrogens is 194 g/mol. The van der Waals surface area contributed by atoms with Crippen LogP contribution < -0.4 is 0 Å². The zero-order valence-electron chi connectivity index (χ0n) is 8.30. The minimum Gasteiger partial charge on any atom is -0.480 e. The van der Waals surface area contributed by atoms with E-state index < -0.39 is 12.0 Å². The predicted octanol–water partition coefficient (Wildman–Crippen LogP) is 0.768. The Labute approximate surface area is 87.1 Å². The molecule has 2 rings (SSSR count). The number of amides is 1. The van der Waals surface area contributed by atoms with Gasteiger partial charge >= 0.3 is 5.97 Å². The van der Waals surface area contributed by atoms with Gasteiger partial charge in [-0.25, -0.2) is 4.79 Å². The van der Waals surface area contributed by atoms with E-state index in [1.807, 2.05) is 6.07 Å². The van der Waals surface area contributed by atoms with E-state index in [0.717, 1.165) is 5.56 Å². The highest BCUT2D eigenvalue weighted by molar-refractivity contribution is 5.99. The summed E-state index contributed by atoms with van der Waals surface area (Å²) in [6, 6.07) is 6.39. The second kappa shape index (κ2) is 3.38. The standard InChI is InChI=1S/C11H11NO3/c1-12-9(11(14)15)6-7-4-2-3-5-8(7)10(12)13/h2-5,9H,6H2,1H3,(H,14,15)/t9-/m1/s1. The number of rotatable bonds is 1. The molecule has 1 aromatic carbocycles. The van der Waals surface area contributed by atoms with Gasteiger partial charge in [-0.05, 0) is 11.6 Å². The lowest BCUT2D eigenvalue weighted by Crippen LogP contribution is -2.47. The van der Waals surface area contributed by atoms with Crippen molar-refractivity contribution in [1.82, 2.24) is 4.90 Å². The van der Waals surface area contributed by atoms with E-state index >= 15 is 0 Å². The molecule has 0 aromatic heterocycles. The zero-order valence-corrected chi connectivity index (χ0v) is 8.30. The van der Waals surface area contributed by atoms with Crippen molar-refractivity contribution in [2.24, 2.45) is 0 Å². The number of carbonyl (C=O) groups excluding carboxylic acids is 1. The maximum Gasteiger partial charge on any atom is 0.326 e. The molecule has 1 atom stereocenters. The molecule has 1 aromatic rings. The number of hydrogen-bond donors (Lipinski definition) is 1. The number of benzene rings is 1. The topological polar surface area (TPSA) is 57.6 Å². The van der Waals surface area contributed by atoms with Crippen LogP contribution in [0.4, 0.5) is 0 Å². The summed E-state index contributed by atoms with van der Waals surface area (Å²) >= 11 is 0. The van der Waals surface area contributed by atoms with Crippen molar-refractivity contribution in [1.29, 1.82) is 0 Å². The maximum atomic E-state index is 11.8. The van der Waals surface area contributed by atoms with Gasteiger partial charge in [-0.1, -0.05) is 18.2 Å². The van der Waals surface area contributed by atoms with E-state index in [4.69, 9.17) is 5.11 Å². The van der Waals surface area contributed by atoms with Crippen LogP contribution in [0.3, 0.4) is 0 Å². The molecule has 4 heteroatoms. The van der Waals surface area contributed by atoms with Crippen LogP contribution >= 0.6 is 0 Å².